The van der Waals surface area contributed by atoms with E-state index in [2.05, 4.69) is 13.8 Å². The van der Waals surface area contributed by atoms with Gasteiger partial charge in [-0.2, -0.15) is 0 Å². The molecule has 0 radical (unpaired) electrons. The zero-order valence-electron chi connectivity index (χ0n) is 14.1. The van der Waals surface area contributed by atoms with Crippen molar-refractivity contribution in [2.45, 2.75) is 90.9 Å². The van der Waals surface area contributed by atoms with E-state index in [0.717, 1.165) is 5.92 Å². The number of rotatable bonds is 12. The first-order valence-corrected chi connectivity index (χ1v) is 9.20. The number of hydrogen-bond donors (Lipinski definition) is 1. The fraction of sp³-hybridized carbons (Fsp3) is 1.00. The Morgan fingerprint density at radius 3 is 2.05 bits per heavy atom. The summed E-state index contributed by atoms with van der Waals surface area (Å²) in [6.07, 6.45) is 17.5. The maximum Gasteiger partial charge on any atom is 0.0801 e. The highest BCUT2D eigenvalue weighted by Crippen LogP contribution is 2.13. The highest BCUT2D eigenvalue weighted by Gasteiger charge is 2.24. The van der Waals surface area contributed by atoms with Gasteiger partial charge in [-0.25, -0.2) is 0 Å². The van der Waals surface area contributed by atoms with E-state index in [4.69, 9.17) is 0 Å². The van der Waals surface area contributed by atoms with Gasteiger partial charge >= 0.3 is 0 Å². The number of unbranched alkanes of at least 4 members (excludes halogenated alkanes) is 8. The van der Waals surface area contributed by atoms with Gasteiger partial charge in [0.05, 0.1) is 19.6 Å². The van der Waals surface area contributed by atoms with Crippen molar-refractivity contribution >= 4 is 0 Å². The van der Waals surface area contributed by atoms with Crippen molar-refractivity contribution in [3.63, 3.8) is 0 Å². The quantitative estimate of drug-likeness (QED) is 0.517. The topological polar surface area (TPSA) is 4.44 Å². The van der Waals surface area contributed by atoms with Gasteiger partial charge in [0, 0.05) is 12.3 Å². The molecular weight excluding hydrogens is 266 g/mol. The van der Waals surface area contributed by atoms with Crippen molar-refractivity contribution in [3.05, 3.63) is 0 Å². The van der Waals surface area contributed by atoms with Crippen LogP contribution in [-0.2, 0) is 0 Å². The Kier molecular flexibility index (Phi) is 14.4. The van der Waals surface area contributed by atoms with Gasteiger partial charge in [0.1, 0.15) is 0 Å². The molecule has 1 aliphatic rings. The molecule has 20 heavy (non-hydrogen) atoms. The van der Waals surface area contributed by atoms with Crippen molar-refractivity contribution < 1.29 is 17.3 Å². The summed E-state index contributed by atoms with van der Waals surface area (Å²) in [5.74, 6) is 1.06. The van der Waals surface area contributed by atoms with Crippen LogP contribution >= 0.6 is 0 Å². The summed E-state index contributed by atoms with van der Waals surface area (Å²) in [7, 11) is 0. The lowest BCUT2D eigenvalue weighted by atomic mass is 10.0. The van der Waals surface area contributed by atoms with Gasteiger partial charge < -0.3 is 17.3 Å². The monoisotopic (exact) mass is 303 g/mol. The maximum absolute atomic E-state index is 2.32. The number of hydrogen-bond acceptors (Lipinski definition) is 0. The fourth-order valence-corrected chi connectivity index (χ4v) is 3.50. The van der Waals surface area contributed by atoms with Crippen LogP contribution in [0.15, 0.2) is 0 Å². The van der Waals surface area contributed by atoms with Crippen LogP contribution < -0.4 is 17.3 Å². The normalized spacial score (nSPS) is 21.9. The Labute approximate surface area is 134 Å². The van der Waals surface area contributed by atoms with Crippen LogP contribution in [0.2, 0.25) is 0 Å². The highest BCUT2D eigenvalue weighted by atomic mass is 35.5. The molecule has 0 aromatic heterocycles. The first kappa shape index (κ1) is 20.2. The van der Waals surface area contributed by atoms with Gasteiger partial charge in [-0.05, 0) is 19.3 Å². The van der Waals surface area contributed by atoms with E-state index in [1.165, 1.54) is 96.7 Å². The standard InChI is InChI=1S/C18H37N.ClH/c1-3-5-7-8-9-10-11-12-15-19-16-14-18(17-19)13-6-4-2;/h18H,3-17H2,1-2H3;1H. The van der Waals surface area contributed by atoms with Gasteiger partial charge in [0.2, 0.25) is 0 Å². The molecule has 0 aromatic rings. The molecule has 2 unspecified atom stereocenters. The Hall–Kier alpha value is 0.250. The molecule has 0 aliphatic carbocycles. The summed E-state index contributed by atoms with van der Waals surface area (Å²) in [4.78, 5) is 1.91. The molecule has 2 atom stereocenters. The van der Waals surface area contributed by atoms with E-state index in [1.807, 2.05) is 4.90 Å². The minimum Gasteiger partial charge on any atom is -1.00 e. The van der Waals surface area contributed by atoms with Crippen LogP contribution in [0.1, 0.15) is 90.9 Å². The smallest absolute Gasteiger partial charge is 0.0801 e. The van der Waals surface area contributed by atoms with Crippen LogP contribution in [0.3, 0.4) is 0 Å². The summed E-state index contributed by atoms with van der Waals surface area (Å²) in [6, 6.07) is 0. The number of nitrogens with one attached hydrogen (secondary N) is 1. The van der Waals surface area contributed by atoms with Gasteiger partial charge in [-0.1, -0.05) is 65.2 Å². The van der Waals surface area contributed by atoms with Crippen molar-refractivity contribution in [2.75, 3.05) is 19.6 Å². The third-order valence-electron chi connectivity index (χ3n) is 4.83. The van der Waals surface area contributed by atoms with Crippen molar-refractivity contribution in [3.8, 4) is 0 Å². The average molecular weight is 304 g/mol. The molecule has 1 nitrogen and oxygen atoms in total. The zero-order chi connectivity index (χ0) is 13.8. The summed E-state index contributed by atoms with van der Waals surface area (Å²) in [5.41, 5.74) is 0. The minimum absolute atomic E-state index is 0. The van der Waals surface area contributed by atoms with Crippen LogP contribution in [0.5, 0.6) is 0 Å². The number of likely N-dealkylation sites (tertiary alicyclic amines) is 1. The third-order valence-corrected chi connectivity index (χ3v) is 4.83. The summed E-state index contributed by atoms with van der Waals surface area (Å²) in [5, 5.41) is 0. The van der Waals surface area contributed by atoms with Gasteiger partial charge in [-0.15, -0.1) is 0 Å². The predicted octanol–water partition coefficient (Wildman–Crippen LogP) is 1.23. The third kappa shape index (κ3) is 10.0. The summed E-state index contributed by atoms with van der Waals surface area (Å²) in [6.45, 7) is 9.02. The Morgan fingerprint density at radius 1 is 0.800 bits per heavy atom. The molecule has 1 saturated heterocycles. The molecule has 0 spiro atoms. The minimum atomic E-state index is 0. The molecule has 0 bridgehead atoms. The predicted molar refractivity (Wildman–Crippen MR) is 85.8 cm³/mol. The van der Waals surface area contributed by atoms with Gasteiger partial charge in [0.25, 0.3) is 0 Å². The molecule has 1 aliphatic heterocycles. The Bertz CT molecular complexity index is 196. The largest absolute Gasteiger partial charge is 1.00 e. The maximum atomic E-state index is 2.32. The van der Waals surface area contributed by atoms with E-state index < -0.39 is 0 Å². The lowest BCUT2D eigenvalue weighted by molar-refractivity contribution is -0.889. The summed E-state index contributed by atoms with van der Waals surface area (Å²) >= 11 is 0. The molecule has 1 N–H and O–H groups in total. The first-order valence-electron chi connectivity index (χ1n) is 9.20. The van der Waals surface area contributed by atoms with Crippen LogP contribution in [-0.4, -0.2) is 19.6 Å². The molecule has 0 saturated carbocycles. The molecule has 122 valence electrons. The van der Waals surface area contributed by atoms with Crippen LogP contribution in [0.4, 0.5) is 0 Å². The van der Waals surface area contributed by atoms with Gasteiger partial charge in [0.15, 0.2) is 0 Å². The second-order valence-electron chi connectivity index (χ2n) is 6.73. The van der Waals surface area contributed by atoms with Crippen molar-refractivity contribution in [1.29, 1.82) is 0 Å². The van der Waals surface area contributed by atoms with Gasteiger partial charge in [-0.3, -0.25) is 0 Å². The Morgan fingerprint density at radius 2 is 1.40 bits per heavy atom. The number of halogens is 1. The molecule has 2 heteroatoms. The molecule has 0 aromatic carbocycles. The zero-order valence-corrected chi connectivity index (χ0v) is 14.8. The lowest BCUT2D eigenvalue weighted by Crippen LogP contribution is -3.10. The molecule has 0 amide bonds. The van der Waals surface area contributed by atoms with Crippen LogP contribution in [0, 0.1) is 5.92 Å². The highest BCUT2D eigenvalue weighted by molar-refractivity contribution is 4.62. The van der Waals surface area contributed by atoms with E-state index in [-0.39, 0.29) is 12.4 Å². The summed E-state index contributed by atoms with van der Waals surface area (Å²) < 4.78 is 0. The lowest BCUT2D eigenvalue weighted by Gasteiger charge is -2.13. The van der Waals surface area contributed by atoms with Crippen LogP contribution in [0.25, 0.3) is 0 Å². The fourth-order valence-electron chi connectivity index (χ4n) is 3.50. The van der Waals surface area contributed by atoms with E-state index in [1.54, 1.807) is 0 Å². The molecule has 1 heterocycles. The second-order valence-corrected chi connectivity index (χ2v) is 6.73. The molecule has 1 fully saturated rings. The van der Waals surface area contributed by atoms with Crippen molar-refractivity contribution in [1.82, 2.24) is 0 Å². The molecular formula is C18H38ClN. The number of quaternary nitrogens is 1. The first-order chi connectivity index (χ1) is 9.36. The van der Waals surface area contributed by atoms with Crippen molar-refractivity contribution in [2.24, 2.45) is 5.92 Å². The molecule has 1 rings (SSSR count). The second kappa shape index (κ2) is 14.2. The average Bonchev–Trinajstić information content (AvgIpc) is 2.87. The SMILES string of the molecule is CCCCCCCCCC[NH+]1CCC(CCCC)C1.[Cl-]. The van der Waals surface area contributed by atoms with E-state index in [0.29, 0.717) is 0 Å². The van der Waals surface area contributed by atoms with E-state index in [9.17, 15) is 0 Å². The van der Waals surface area contributed by atoms with E-state index >= 15 is 0 Å². The Balaban J connectivity index is 0.00000361.